The molecule has 0 aliphatic carbocycles. The lowest BCUT2D eigenvalue weighted by molar-refractivity contribution is 0.253. The first-order valence-corrected chi connectivity index (χ1v) is 6.20. The molecule has 0 aliphatic rings. The summed E-state index contributed by atoms with van der Waals surface area (Å²) in [5, 5.41) is 4.05. The van der Waals surface area contributed by atoms with Crippen LogP contribution in [0.3, 0.4) is 0 Å². The van der Waals surface area contributed by atoms with Gasteiger partial charge in [-0.25, -0.2) is 4.39 Å². The van der Waals surface area contributed by atoms with Gasteiger partial charge < -0.3 is 9.73 Å². The Balaban J connectivity index is 2.56. The van der Waals surface area contributed by atoms with E-state index >= 15 is 0 Å². The highest BCUT2D eigenvalue weighted by molar-refractivity contribution is 5.79. The molecule has 2 nitrogen and oxygen atoms in total. The zero-order valence-electron chi connectivity index (χ0n) is 11.6. The van der Waals surface area contributed by atoms with Gasteiger partial charge in [-0.15, -0.1) is 0 Å². The Morgan fingerprint density at radius 2 is 1.94 bits per heavy atom. The Labute approximate surface area is 107 Å². The maximum atomic E-state index is 14.0. The zero-order chi connectivity index (χ0) is 13.5. The second kappa shape index (κ2) is 4.39. The van der Waals surface area contributed by atoms with Crippen LogP contribution in [-0.2, 0) is 0 Å². The second-order valence-corrected chi connectivity index (χ2v) is 5.85. The van der Waals surface area contributed by atoms with E-state index in [1.807, 2.05) is 19.2 Å². The quantitative estimate of drug-likeness (QED) is 0.863. The summed E-state index contributed by atoms with van der Waals surface area (Å²) in [6.07, 6.45) is 0. The molecule has 3 heteroatoms. The molecule has 2 aromatic rings. The largest absolute Gasteiger partial charge is 0.456 e. The second-order valence-electron chi connectivity index (χ2n) is 5.85. The van der Waals surface area contributed by atoms with Gasteiger partial charge in [-0.3, -0.25) is 0 Å². The predicted octanol–water partition coefficient (Wildman–Crippen LogP) is 4.19. The van der Waals surface area contributed by atoms with E-state index in [0.29, 0.717) is 11.1 Å². The Hall–Kier alpha value is -1.35. The van der Waals surface area contributed by atoms with E-state index < -0.39 is 0 Å². The lowest BCUT2D eigenvalue weighted by Gasteiger charge is -2.28. The third-order valence-electron chi connectivity index (χ3n) is 3.28. The maximum Gasteiger partial charge on any atom is 0.170 e. The molecule has 1 aromatic carbocycles. The van der Waals surface area contributed by atoms with E-state index in [-0.39, 0.29) is 17.3 Å². The molecule has 1 atom stereocenters. The summed E-state index contributed by atoms with van der Waals surface area (Å²) in [6.45, 7) is 8.13. The SMILES string of the molecule is CNC(c1cc2ccc(C)c(F)c2o1)C(C)(C)C. The predicted molar refractivity (Wildman–Crippen MR) is 72.2 cm³/mol. The van der Waals surface area contributed by atoms with E-state index in [1.54, 1.807) is 13.0 Å². The van der Waals surface area contributed by atoms with E-state index in [1.165, 1.54) is 0 Å². The maximum absolute atomic E-state index is 14.0. The van der Waals surface area contributed by atoms with Crippen LogP contribution in [0.2, 0.25) is 0 Å². The van der Waals surface area contributed by atoms with Crippen LogP contribution in [0.4, 0.5) is 4.39 Å². The van der Waals surface area contributed by atoms with Gasteiger partial charge in [0.15, 0.2) is 11.4 Å². The number of benzene rings is 1. The fraction of sp³-hybridized carbons (Fsp3) is 0.467. The summed E-state index contributed by atoms with van der Waals surface area (Å²) in [5.41, 5.74) is 0.975. The van der Waals surface area contributed by atoms with Gasteiger partial charge in [0.05, 0.1) is 6.04 Å². The Morgan fingerprint density at radius 3 is 2.50 bits per heavy atom. The van der Waals surface area contributed by atoms with Gasteiger partial charge in [-0.05, 0) is 31.0 Å². The zero-order valence-corrected chi connectivity index (χ0v) is 11.6. The molecule has 1 unspecified atom stereocenters. The molecular formula is C15H20FNO. The van der Waals surface area contributed by atoms with Crippen LogP contribution < -0.4 is 5.32 Å². The topological polar surface area (TPSA) is 25.2 Å². The van der Waals surface area contributed by atoms with Gasteiger partial charge in [0.1, 0.15) is 5.76 Å². The molecule has 0 bridgehead atoms. The van der Waals surface area contributed by atoms with Gasteiger partial charge in [0.25, 0.3) is 0 Å². The first kappa shape index (κ1) is 13.1. The standard InChI is InChI=1S/C15H20FNO/c1-9-6-7-10-8-11(18-13(10)12(9)16)14(17-5)15(2,3)4/h6-8,14,17H,1-5H3. The number of rotatable bonds is 2. The number of hydrogen-bond acceptors (Lipinski definition) is 2. The molecule has 0 saturated heterocycles. The normalized spacial score (nSPS) is 14.1. The van der Waals surface area contributed by atoms with E-state index in [2.05, 4.69) is 26.1 Å². The van der Waals surface area contributed by atoms with Gasteiger partial charge in [0, 0.05) is 5.39 Å². The molecule has 98 valence electrons. The van der Waals surface area contributed by atoms with Crippen molar-refractivity contribution in [2.75, 3.05) is 7.05 Å². The summed E-state index contributed by atoms with van der Waals surface area (Å²) in [4.78, 5) is 0. The minimum absolute atomic E-state index is 0.00808. The van der Waals surface area contributed by atoms with Gasteiger partial charge >= 0.3 is 0 Å². The van der Waals surface area contributed by atoms with Crippen molar-refractivity contribution in [3.8, 4) is 0 Å². The van der Waals surface area contributed by atoms with Crippen LogP contribution in [0.25, 0.3) is 11.0 Å². The van der Waals surface area contributed by atoms with E-state index in [9.17, 15) is 4.39 Å². The van der Waals surface area contributed by atoms with Crippen molar-refractivity contribution in [3.63, 3.8) is 0 Å². The highest BCUT2D eigenvalue weighted by Gasteiger charge is 2.28. The Morgan fingerprint density at radius 1 is 1.28 bits per heavy atom. The lowest BCUT2D eigenvalue weighted by Crippen LogP contribution is -2.29. The molecule has 0 fully saturated rings. The summed E-state index contributed by atoms with van der Waals surface area (Å²) in [5.74, 6) is 0.520. The number of furan rings is 1. The van der Waals surface area contributed by atoms with Gasteiger partial charge in [-0.1, -0.05) is 32.9 Å². The summed E-state index contributed by atoms with van der Waals surface area (Å²) >= 11 is 0. The van der Waals surface area contributed by atoms with Gasteiger partial charge in [-0.2, -0.15) is 0 Å². The number of hydrogen-bond donors (Lipinski definition) is 1. The third kappa shape index (κ3) is 2.15. The lowest BCUT2D eigenvalue weighted by atomic mass is 9.85. The molecule has 0 radical (unpaired) electrons. The molecule has 2 rings (SSSR count). The van der Waals surface area contributed by atoms with Crippen LogP contribution in [0.5, 0.6) is 0 Å². The molecular weight excluding hydrogens is 229 g/mol. The average Bonchev–Trinajstić information content (AvgIpc) is 2.67. The Kier molecular flexibility index (Phi) is 3.20. The van der Waals surface area contributed by atoms with Crippen LogP contribution in [0, 0.1) is 18.2 Å². The first-order chi connectivity index (χ1) is 8.34. The molecule has 1 heterocycles. The van der Waals surface area contributed by atoms with Crippen molar-refractivity contribution in [1.29, 1.82) is 0 Å². The van der Waals surface area contributed by atoms with Gasteiger partial charge in [0.2, 0.25) is 0 Å². The fourth-order valence-corrected chi connectivity index (χ4v) is 2.33. The minimum Gasteiger partial charge on any atom is -0.456 e. The molecule has 0 amide bonds. The van der Waals surface area contributed by atoms with Crippen LogP contribution in [0.1, 0.15) is 38.1 Å². The van der Waals surface area contributed by atoms with Crippen LogP contribution in [-0.4, -0.2) is 7.05 Å². The van der Waals surface area contributed by atoms with Crippen molar-refractivity contribution in [1.82, 2.24) is 5.32 Å². The van der Waals surface area contributed by atoms with Crippen LogP contribution in [0.15, 0.2) is 22.6 Å². The number of halogens is 1. The monoisotopic (exact) mass is 249 g/mol. The number of aryl methyl sites for hydroxylation is 1. The van der Waals surface area contributed by atoms with Crippen molar-refractivity contribution in [2.45, 2.75) is 33.7 Å². The highest BCUT2D eigenvalue weighted by Crippen LogP contribution is 2.36. The summed E-state index contributed by atoms with van der Waals surface area (Å²) in [7, 11) is 1.89. The molecule has 0 saturated carbocycles. The first-order valence-electron chi connectivity index (χ1n) is 6.20. The minimum atomic E-state index is -0.262. The summed E-state index contributed by atoms with van der Waals surface area (Å²) in [6, 6.07) is 5.66. The fourth-order valence-electron chi connectivity index (χ4n) is 2.33. The molecule has 1 N–H and O–H groups in total. The molecule has 0 aliphatic heterocycles. The highest BCUT2D eigenvalue weighted by atomic mass is 19.1. The summed E-state index contributed by atoms with van der Waals surface area (Å²) < 4.78 is 19.7. The van der Waals surface area contributed by atoms with E-state index in [4.69, 9.17) is 4.42 Å². The average molecular weight is 249 g/mol. The number of nitrogens with one attached hydrogen (secondary N) is 1. The third-order valence-corrected chi connectivity index (χ3v) is 3.28. The Bertz CT molecular complexity index is 566. The van der Waals surface area contributed by atoms with Crippen molar-refractivity contribution < 1.29 is 8.81 Å². The van der Waals surface area contributed by atoms with Crippen LogP contribution >= 0.6 is 0 Å². The van der Waals surface area contributed by atoms with Crippen molar-refractivity contribution in [2.24, 2.45) is 5.41 Å². The van der Waals surface area contributed by atoms with Crippen molar-refractivity contribution in [3.05, 3.63) is 35.3 Å². The molecule has 18 heavy (non-hydrogen) atoms. The number of fused-ring (bicyclic) bond motifs is 1. The van der Waals surface area contributed by atoms with Crippen molar-refractivity contribution >= 4 is 11.0 Å². The molecule has 0 spiro atoms. The van der Waals surface area contributed by atoms with E-state index in [0.717, 1.165) is 11.1 Å². The smallest absolute Gasteiger partial charge is 0.170 e. The molecule has 1 aromatic heterocycles.